The normalized spacial score (nSPS) is 26.1. The van der Waals surface area contributed by atoms with Gasteiger partial charge in [0.2, 0.25) is 0 Å². The molecule has 0 bridgehead atoms. The Balaban J connectivity index is 1.32. The van der Waals surface area contributed by atoms with Crippen LogP contribution >= 0.6 is 11.8 Å². The zero-order valence-corrected chi connectivity index (χ0v) is 18.1. The van der Waals surface area contributed by atoms with Gasteiger partial charge in [-0.2, -0.15) is 15.0 Å². The van der Waals surface area contributed by atoms with Crippen molar-refractivity contribution in [2.45, 2.75) is 29.8 Å². The molecule has 0 spiro atoms. The van der Waals surface area contributed by atoms with Gasteiger partial charge in [0.05, 0.1) is 35.4 Å². The highest BCUT2D eigenvalue weighted by Crippen LogP contribution is 2.51. The van der Waals surface area contributed by atoms with Gasteiger partial charge in [-0.1, -0.05) is 35.5 Å². The Morgan fingerprint density at radius 2 is 1.97 bits per heavy atom. The van der Waals surface area contributed by atoms with Gasteiger partial charge in [-0.15, -0.1) is 0 Å². The monoisotopic (exact) mass is 432 g/mol. The van der Waals surface area contributed by atoms with Crippen molar-refractivity contribution in [2.75, 3.05) is 18.0 Å². The Bertz CT molecular complexity index is 1150. The second-order valence-electron chi connectivity index (χ2n) is 8.65. The standard InChI is InChI=1S/C23H24N6OS/c1-14-6-7-18(29-25-8-9-26-29)17(10-14)22(30)27-12-15-11-16(15)20(27)13-28-19-4-2-3-5-21(19)31-23(28)24/h2-10,15-16,20,23H,11-13,24H2,1H3. The second-order valence-corrected chi connectivity index (χ2v) is 9.81. The second kappa shape index (κ2) is 7.10. The number of thioether (sulfide) groups is 1. The molecule has 1 aliphatic carbocycles. The number of piperidine rings is 1. The van der Waals surface area contributed by atoms with E-state index in [2.05, 4.69) is 38.2 Å². The van der Waals surface area contributed by atoms with Gasteiger partial charge >= 0.3 is 0 Å². The van der Waals surface area contributed by atoms with Crippen LogP contribution in [0.3, 0.4) is 0 Å². The van der Waals surface area contributed by atoms with E-state index in [9.17, 15) is 4.79 Å². The van der Waals surface area contributed by atoms with Crippen molar-refractivity contribution in [3.63, 3.8) is 0 Å². The largest absolute Gasteiger partial charge is 0.344 e. The number of hydrogen-bond donors (Lipinski definition) is 1. The van der Waals surface area contributed by atoms with Gasteiger partial charge in [0, 0.05) is 18.0 Å². The molecule has 6 rings (SSSR count). The first-order valence-corrected chi connectivity index (χ1v) is 11.5. The van der Waals surface area contributed by atoms with Crippen LogP contribution in [0.2, 0.25) is 0 Å². The number of rotatable bonds is 4. The highest BCUT2D eigenvalue weighted by atomic mass is 32.2. The summed E-state index contributed by atoms with van der Waals surface area (Å²) in [4.78, 5) is 20.9. The van der Waals surface area contributed by atoms with Crippen molar-refractivity contribution < 1.29 is 4.79 Å². The van der Waals surface area contributed by atoms with Crippen molar-refractivity contribution in [2.24, 2.45) is 17.6 Å². The maximum atomic E-state index is 13.8. The number of likely N-dealkylation sites (tertiary alicyclic amines) is 1. The SMILES string of the molecule is Cc1ccc(-n2nccn2)c(C(=O)N2CC3CC3C2CN2c3ccccc3SC2N)c1. The van der Waals surface area contributed by atoms with Crippen LogP contribution in [0.5, 0.6) is 0 Å². The van der Waals surface area contributed by atoms with E-state index in [1.165, 1.54) is 21.8 Å². The average molecular weight is 433 g/mol. The van der Waals surface area contributed by atoms with E-state index < -0.39 is 0 Å². The van der Waals surface area contributed by atoms with Gasteiger partial charge < -0.3 is 15.5 Å². The number of aryl methyl sites for hydroxylation is 1. The molecule has 1 amide bonds. The zero-order chi connectivity index (χ0) is 21.1. The van der Waals surface area contributed by atoms with Gasteiger partial charge in [0.25, 0.3) is 5.91 Å². The minimum atomic E-state index is -0.116. The molecule has 158 valence electrons. The minimum Gasteiger partial charge on any atom is -0.344 e. The van der Waals surface area contributed by atoms with E-state index in [-0.39, 0.29) is 17.4 Å². The highest BCUT2D eigenvalue weighted by Gasteiger charge is 2.55. The number of carbonyl (C=O) groups excluding carboxylic acids is 1. The number of anilines is 1. The number of hydrogen-bond acceptors (Lipinski definition) is 6. The minimum absolute atomic E-state index is 0.0573. The van der Waals surface area contributed by atoms with Crippen molar-refractivity contribution >= 4 is 23.4 Å². The molecule has 1 saturated carbocycles. The molecule has 2 N–H and O–H groups in total. The third-order valence-corrected chi connectivity index (χ3v) is 7.79. The topological polar surface area (TPSA) is 80.3 Å². The molecule has 3 heterocycles. The summed E-state index contributed by atoms with van der Waals surface area (Å²) in [5.74, 6) is 1.22. The summed E-state index contributed by atoms with van der Waals surface area (Å²) in [6.45, 7) is 3.58. The van der Waals surface area contributed by atoms with Crippen molar-refractivity contribution in [1.29, 1.82) is 0 Å². The fourth-order valence-corrected chi connectivity index (χ4v) is 6.11. The number of fused-ring (bicyclic) bond motifs is 2. The Labute approximate surface area is 185 Å². The molecular weight excluding hydrogens is 408 g/mol. The van der Waals surface area contributed by atoms with Crippen LogP contribution in [0, 0.1) is 18.8 Å². The maximum absolute atomic E-state index is 13.8. The van der Waals surface area contributed by atoms with Crippen molar-refractivity contribution in [1.82, 2.24) is 19.9 Å². The number of carbonyl (C=O) groups is 1. The number of amides is 1. The van der Waals surface area contributed by atoms with Crippen LogP contribution in [0.4, 0.5) is 5.69 Å². The van der Waals surface area contributed by atoms with Gasteiger partial charge in [0.15, 0.2) is 0 Å². The molecule has 2 aromatic carbocycles. The molecule has 1 saturated heterocycles. The first-order valence-electron chi connectivity index (χ1n) is 10.7. The molecular formula is C23H24N6OS. The average Bonchev–Trinajstić information content (AvgIpc) is 3.10. The first-order chi connectivity index (χ1) is 15.1. The highest BCUT2D eigenvalue weighted by molar-refractivity contribution is 8.00. The van der Waals surface area contributed by atoms with Crippen LogP contribution in [-0.2, 0) is 0 Å². The van der Waals surface area contributed by atoms with E-state index in [1.54, 1.807) is 24.2 Å². The summed E-state index contributed by atoms with van der Waals surface area (Å²) in [5.41, 5.74) is 9.96. The summed E-state index contributed by atoms with van der Waals surface area (Å²) < 4.78 is 0. The van der Waals surface area contributed by atoms with E-state index in [4.69, 9.17) is 5.73 Å². The van der Waals surface area contributed by atoms with E-state index in [0.29, 0.717) is 17.4 Å². The number of para-hydroxylation sites is 1. The van der Waals surface area contributed by atoms with Crippen LogP contribution in [0.25, 0.3) is 5.69 Å². The van der Waals surface area contributed by atoms with Crippen molar-refractivity contribution in [3.8, 4) is 5.69 Å². The molecule has 4 unspecified atom stereocenters. The zero-order valence-electron chi connectivity index (χ0n) is 17.3. The Hall–Kier alpha value is -2.84. The first kappa shape index (κ1) is 18.9. The number of aromatic nitrogens is 3. The Morgan fingerprint density at radius 1 is 1.16 bits per heavy atom. The smallest absolute Gasteiger partial charge is 0.256 e. The Morgan fingerprint density at radius 3 is 2.81 bits per heavy atom. The fourth-order valence-electron chi connectivity index (χ4n) is 5.06. The molecule has 8 heteroatoms. The molecule has 2 aliphatic heterocycles. The van der Waals surface area contributed by atoms with E-state index in [0.717, 1.165) is 24.3 Å². The molecule has 0 radical (unpaired) electrons. The van der Waals surface area contributed by atoms with Crippen LogP contribution in [0.15, 0.2) is 59.8 Å². The lowest BCUT2D eigenvalue weighted by molar-refractivity contribution is 0.0710. The van der Waals surface area contributed by atoms with Crippen molar-refractivity contribution in [3.05, 3.63) is 66.0 Å². The summed E-state index contributed by atoms with van der Waals surface area (Å²) in [6.07, 6.45) is 4.46. The molecule has 2 fully saturated rings. The lowest BCUT2D eigenvalue weighted by Gasteiger charge is -2.34. The van der Waals surface area contributed by atoms with E-state index >= 15 is 0 Å². The third-order valence-electron chi connectivity index (χ3n) is 6.69. The van der Waals surface area contributed by atoms with Gasteiger partial charge in [0.1, 0.15) is 5.50 Å². The van der Waals surface area contributed by atoms with Crippen LogP contribution in [0.1, 0.15) is 22.3 Å². The lowest BCUT2D eigenvalue weighted by atomic mass is 10.1. The molecule has 3 aromatic rings. The molecule has 1 aromatic heterocycles. The Kier molecular flexibility index (Phi) is 4.33. The predicted octanol–water partition coefficient (Wildman–Crippen LogP) is 2.89. The molecule has 3 aliphatic rings. The number of benzene rings is 2. The summed E-state index contributed by atoms with van der Waals surface area (Å²) in [7, 11) is 0. The van der Waals surface area contributed by atoms with E-state index in [1.807, 2.05) is 31.2 Å². The molecule has 31 heavy (non-hydrogen) atoms. The van der Waals surface area contributed by atoms with Gasteiger partial charge in [-0.25, -0.2) is 0 Å². The predicted molar refractivity (Wildman–Crippen MR) is 120 cm³/mol. The molecule has 7 nitrogen and oxygen atoms in total. The number of nitrogens with two attached hydrogens (primary N) is 1. The summed E-state index contributed by atoms with van der Waals surface area (Å²) in [5, 5.41) is 8.51. The molecule has 4 atom stereocenters. The fraction of sp³-hybridized carbons (Fsp3) is 0.348. The third kappa shape index (κ3) is 3.13. The lowest BCUT2D eigenvalue weighted by Crippen LogP contribution is -2.49. The summed E-state index contributed by atoms with van der Waals surface area (Å²) >= 11 is 1.69. The van der Waals surface area contributed by atoms with Crippen LogP contribution in [-0.4, -0.2) is 50.4 Å². The van der Waals surface area contributed by atoms with Gasteiger partial charge in [-0.05, 0) is 49.4 Å². The maximum Gasteiger partial charge on any atom is 0.256 e. The van der Waals surface area contributed by atoms with Gasteiger partial charge in [-0.3, -0.25) is 4.79 Å². The van der Waals surface area contributed by atoms with Crippen LogP contribution < -0.4 is 10.6 Å². The quantitative estimate of drug-likeness (QED) is 0.683. The summed E-state index contributed by atoms with van der Waals surface area (Å²) in [6, 6.07) is 14.4. The number of nitrogens with zero attached hydrogens (tertiary/aromatic N) is 5.